The molecule has 0 heterocycles. The highest BCUT2D eigenvalue weighted by Crippen LogP contribution is 2.40. The van der Waals surface area contributed by atoms with Gasteiger partial charge in [0.15, 0.2) is 11.5 Å². The quantitative estimate of drug-likeness (QED) is 0.736. The molecule has 0 unspecified atom stereocenters. The Morgan fingerprint density at radius 2 is 1.58 bits per heavy atom. The molecule has 0 fully saturated rings. The normalized spacial score (nSPS) is 10.5. The van der Waals surface area contributed by atoms with Crippen LogP contribution in [0.15, 0.2) is 42.5 Å². The lowest BCUT2D eigenvalue weighted by molar-refractivity contribution is -0.116. The van der Waals surface area contributed by atoms with E-state index in [9.17, 15) is 4.79 Å². The van der Waals surface area contributed by atoms with Gasteiger partial charge in [-0.15, -0.1) is 0 Å². The summed E-state index contributed by atoms with van der Waals surface area (Å²) >= 11 is 0. The van der Waals surface area contributed by atoms with E-state index in [1.807, 2.05) is 24.3 Å². The molecule has 0 radical (unpaired) electrons. The van der Waals surface area contributed by atoms with Crippen LogP contribution in [0.2, 0.25) is 0 Å². The summed E-state index contributed by atoms with van der Waals surface area (Å²) < 4.78 is 21.1. The molecule has 26 heavy (non-hydrogen) atoms. The summed E-state index contributed by atoms with van der Waals surface area (Å²) in [6.07, 6.45) is 3.12. The smallest absolute Gasteiger partial charge is 0.244 e. The maximum atomic E-state index is 12.1. The molecule has 0 saturated heterocycles. The molecule has 0 bridgehead atoms. The fourth-order valence-electron chi connectivity index (χ4n) is 2.41. The molecule has 0 atom stereocenters. The zero-order valence-corrected chi connectivity index (χ0v) is 15.4. The van der Waals surface area contributed by atoms with Crippen LogP contribution in [-0.2, 0) is 11.3 Å². The van der Waals surface area contributed by atoms with Crippen molar-refractivity contribution >= 4 is 12.0 Å². The highest BCUT2D eigenvalue weighted by atomic mass is 16.5. The molecule has 0 aliphatic carbocycles. The van der Waals surface area contributed by atoms with Crippen molar-refractivity contribution in [1.29, 1.82) is 0 Å². The van der Waals surface area contributed by atoms with Crippen LogP contribution in [-0.4, -0.2) is 34.3 Å². The number of ether oxygens (including phenoxy) is 4. The molecule has 2 aromatic carbocycles. The van der Waals surface area contributed by atoms with Crippen LogP contribution in [0.5, 0.6) is 23.0 Å². The van der Waals surface area contributed by atoms with Gasteiger partial charge in [-0.25, -0.2) is 0 Å². The number of nitrogens with one attached hydrogen (secondary N) is 1. The van der Waals surface area contributed by atoms with Crippen LogP contribution >= 0.6 is 0 Å². The molecule has 0 aliphatic heterocycles. The van der Waals surface area contributed by atoms with Crippen molar-refractivity contribution in [3.05, 3.63) is 53.6 Å². The molecule has 6 nitrogen and oxygen atoms in total. The van der Waals surface area contributed by atoms with Crippen LogP contribution in [0.25, 0.3) is 6.08 Å². The Hall–Kier alpha value is -3.15. The van der Waals surface area contributed by atoms with Crippen molar-refractivity contribution in [2.24, 2.45) is 0 Å². The summed E-state index contributed by atoms with van der Waals surface area (Å²) in [5.41, 5.74) is 1.70. The molecule has 1 N–H and O–H groups in total. The van der Waals surface area contributed by atoms with Gasteiger partial charge in [-0.05, 0) is 35.9 Å². The van der Waals surface area contributed by atoms with Gasteiger partial charge < -0.3 is 24.3 Å². The molecular formula is C20H23NO5. The second-order valence-electron chi connectivity index (χ2n) is 5.32. The van der Waals surface area contributed by atoms with Gasteiger partial charge in [-0.3, -0.25) is 4.79 Å². The number of benzene rings is 2. The zero-order chi connectivity index (χ0) is 18.9. The summed E-state index contributed by atoms with van der Waals surface area (Å²) in [5, 5.41) is 2.83. The summed E-state index contributed by atoms with van der Waals surface area (Å²) in [4.78, 5) is 12.1. The van der Waals surface area contributed by atoms with Crippen molar-refractivity contribution in [1.82, 2.24) is 5.32 Å². The zero-order valence-electron chi connectivity index (χ0n) is 15.4. The second kappa shape index (κ2) is 9.36. The van der Waals surface area contributed by atoms with E-state index in [1.165, 1.54) is 13.2 Å². The van der Waals surface area contributed by atoms with Gasteiger partial charge in [-0.2, -0.15) is 0 Å². The summed E-state index contributed by atoms with van der Waals surface area (Å²) in [7, 11) is 6.25. The molecule has 1 amide bonds. The number of rotatable bonds is 8. The Morgan fingerprint density at radius 3 is 2.15 bits per heavy atom. The molecule has 0 aliphatic rings. The standard InChI is InChI=1S/C20H23NO5/c1-23-16-9-5-14(6-10-16)13-21-18(22)12-8-15-7-11-17(24-2)20(26-4)19(15)25-3/h5-12H,13H2,1-4H3,(H,21,22)/b12-8-. The third-order valence-electron chi connectivity index (χ3n) is 3.77. The summed E-state index contributed by atoms with van der Waals surface area (Å²) in [6.45, 7) is 0.427. The van der Waals surface area contributed by atoms with E-state index in [0.29, 0.717) is 29.4 Å². The van der Waals surface area contributed by atoms with E-state index in [4.69, 9.17) is 18.9 Å². The third kappa shape index (κ3) is 4.69. The van der Waals surface area contributed by atoms with Crippen LogP contribution in [0.4, 0.5) is 0 Å². The lowest BCUT2D eigenvalue weighted by Crippen LogP contribution is -2.20. The van der Waals surface area contributed by atoms with Crippen LogP contribution in [0.3, 0.4) is 0 Å². The largest absolute Gasteiger partial charge is 0.497 e. The molecule has 0 aromatic heterocycles. The van der Waals surface area contributed by atoms with Crippen LogP contribution < -0.4 is 24.3 Å². The van der Waals surface area contributed by atoms with Gasteiger partial charge in [0.25, 0.3) is 0 Å². The number of carbonyl (C=O) groups excluding carboxylic acids is 1. The predicted octanol–water partition coefficient (Wildman–Crippen LogP) is 3.05. The lowest BCUT2D eigenvalue weighted by atomic mass is 10.1. The predicted molar refractivity (Wildman–Crippen MR) is 100.0 cm³/mol. The van der Waals surface area contributed by atoms with Gasteiger partial charge in [0, 0.05) is 18.2 Å². The Bertz CT molecular complexity index is 769. The van der Waals surface area contributed by atoms with Gasteiger partial charge >= 0.3 is 0 Å². The van der Waals surface area contributed by atoms with Crippen molar-refractivity contribution in [2.75, 3.05) is 28.4 Å². The number of carbonyl (C=O) groups is 1. The third-order valence-corrected chi connectivity index (χ3v) is 3.77. The first-order chi connectivity index (χ1) is 12.6. The Labute approximate surface area is 153 Å². The van der Waals surface area contributed by atoms with Crippen molar-refractivity contribution in [3.8, 4) is 23.0 Å². The van der Waals surface area contributed by atoms with E-state index in [1.54, 1.807) is 39.5 Å². The highest BCUT2D eigenvalue weighted by molar-refractivity contribution is 5.92. The first-order valence-corrected chi connectivity index (χ1v) is 8.00. The minimum Gasteiger partial charge on any atom is -0.497 e. The number of amides is 1. The highest BCUT2D eigenvalue weighted by Gasteiger charge is 2.14. The van der Waals surface area contributed by atoms with E-state index in [0.717, 1.165) is 11.3 Å². The molecular weight excluding hydrogens is 334 g/mol. The maximum Gasteiger partial charge on any atom is 0.244 e. The Kier molecular flexibility index (Phi) is 6.91. The number of hydrogen-bond acceptors (Lipinski definition) is 5. The Balaban J connectivity index is 2.05. The first kappa shape index (κ1) is 19.2. The average molecular weight is 357 g/mol. The van der Waals surface area contributed by atoms with Gasteiger partial charge in [0.2, 0.25) is 11.7 Å². The van der Waals surface area contributed by atoms with Gasteiger partial charge in [-0.1, -0.05) is 12.1 Å². The maximum absolute atomic E-state index is 12.1. The molecule has 0 saturated carbocycles. The average Bonchev–Trinajstić information content (AvgIpc) is 2.69. The van der Waals surface area contributed by atoms with Crippen LogP contribution in [0, 0.1) is 0 Å². The SMILES string of the molecule is COc1ccc(CNC(=O)/C=C\c2ccc(OC)c(OC)c2OC)cc1. The summed E-state index contributed by atoms with van der Waals surface area (Å²) in [6, 6.07) is 11.1. The van der Waals surface area contributed by atoms with E-state index in [2.05, 4.69) is 5.32 Å². The minimum atomic E-state index is -0.211. The lowest BCUT2D eigenvalue weighted by Gasteiger charge is -2.14. The molecule has 2 rings (SSSR count). The second-order valence-corrected chi connectivity index (χ2v) is 5.32. The van der Waals surface area contributed by atoms with Crippen molar-refractivity contribution in [3.63, 3.8) is 0 Å². The number of methoxy groups -OCH3 is 4. The fraction of sp³-hybridized carbons (Fsp3) is 0.250. The molecule has 6 heteroatoms. The topological polar surface area (TPSA) is 66.0 Å². The molecule has 0 spiro atoms. The van der Waals surface area contributed by atoms with Crippen molar-refractivity contribution in [2.45, 2.75) is 6.54 Å². The number of hydrogen-bond donors (Lipinski definition) is 1. The first-order valence-electron chi connectivity index (χ1n) is 8.00. The molecule has 138 valence electrons. The van der Waals surface area contributed by atoms with E-state index < -0.39 is 0 Å². The summed E-state index contributed by atoms with van der Waals surface area (Å²) in [5.74, 6) is 2.12. The van der Waals surface area contributed by atoms with Gasteiger partial charge in [0.1, 0.15) is 5.75 Å². The van der Waals surface area contributed by atoms with E-state index >= 15 is 0 Å². The monoisotopic (exact) mass is 357 g/mol. The van der Waals surface area contributed by atoms with E-state index in [-0.39, 0.29) is 5.91 Å². The fourth-order valence-corrected chi connectivity index (χ4v) is 2.41. The Morgan fingerprint density at radius 1 is 0.885 bits per heavy atom. The van der Waals surface area contributed by atoms with Crippen LogP contribution in [0.1, 0.15) is 11.1 Å². The van der Waals surface area contributed by atoms with Crippen molar-refractivity contribution < 1.29 is 23.7 Å². The molecule has 2 aromatic rings. The minimum absolute atomic E-state index is 0.211. The van der Waals surface area contributed by atoms with Gasteiger partial charge in [0.05, 0.1) is 28.4 Å².